The fourth-order valence-corrected chi connectivity index (χ4v) is 8.26. The largest absolute Gasteiger partial charge is 0.486 e. The molecule has 2 unspecified atom stereocenters. The SMILES string of the molecule is C/C(=C\c1ccc2c(c1)N(S(=O)(=O)c1cccc(C)c1)C[C@H](CCC(=O)N1C3CCC1COC3)O2)c1c(F)cccc1Cl. The first-order valence-corrected chi connectivity index (χ1v) is 16.4. The first-order valence-electron chi connectivity index (χ1n) is 14.5. The molecule has 0 spiro atoms. The van der Waals surface area contributed by atoms with Crippen LogP contribution in [0.5, 0.6) is 5.75 Å². The van der Waals surface area contributed by atoms with Crippen molar-refractivity contribution in [3.8, 4) is 5.75 Å². The number of nitrogens with zero attached hydrogens (tertiary/aromatic N) is 2. The van der Waals surface area contributed by atoms with Crippen molar-refractivity contribution in [1.82, 2.24) is 4.90 Å². The third kappa shape index (κ3) is 5.90. The first kappa shape index (κ1) is 29.7. The number of carbonyl (C=O) groups is 1. The molecule has 6 rings (SSSR count). The zero-order chi connectivity index (χ0) is 30.3. The lowest BCUT2D eigenvalue weighted by molar-refractivity contribution is -0.141. The number of morpholine rings is 1. The van der Waals surface area contributed by atoms with Gasteiger partial charge in [-0.05, 0) is 86.2 Å². The predicted molar refractivity (Wildman–Crippen MR) is 165 cm³/mol. The molecule has 3 aliphatic rings. The second-order valence-corrected chi connectivity index (χ2v) is 13.8. The summed E-state index contributed by atoms with van der Waals surface area (Å²) in [5.74, 6) is 0.0276. The van der Waals surface area contributed by atoms with Gasteiger partial charge in [0.15, 0.2) is 0 Å². The van der Waals surface area contributed by atoms with Crippen LogP contribution in [0, 0.1) is 12.7 Å². The molecule has 0 N–H and O–H groups in total. The Morgan fingerprint density at radius 3 is 2.53 bits per heavy atom. The van der Waals surface area contributed by atoms with Crippen LogP contribution in [0.1, 0.15) is 49.3 Å². The molecule has 1 amide bonds. The number of ether oxygens (including phenoxy) is 2. The van der Waals surface area contributed by atoms with Crippen LogP contribution in [-0.2, 0) is 19.6 Å². The summed E-state index contributed by atoms with van der Waals surface area (Å²) in [4.78, 5) is 15.4. The molecule has 0 radical (unpaired) electrons. The van der Waals surface area contributed by atoms with Crippen molar-refractivity contribution >= 4 is 44.9 Å². The quantitative estimate of drug-likeness (QED) is 0.282. The van der Waals surface area contributed by atoms with Crippen molar-refractivity contribution in [3.05, 3.63) is 88.2 Å². The predicted octanol–water partition coefficient (Wildman–Crippen LogP) is 6.47. The van der Waals surface area contributed by atoms with Crippen molar-refractivity contribution in [2.75, 3.05) is 24.1 Å². The number of hydrogen-bond donors (Lipinski definition) is 0. The number of anilines is 1. The molecule has 7 nitrogen and oxygen atoms in total. The average Bonchev–Trinajstić information content (AvgIpc) is 3.23. The van der Waals surface area contributed by atoms with Gasteiger partial charge in [0.25, 0.3) is 10.0 Å². The van der Waals surface area contributed by atoms with Crippen molar-refractivity contribution < 1.29 is 27.1 Å². The monoisotopic (exact) mass is 624 g/mol. The van der Waals surface area contributed by atoms with Crippen molar-refractivity contribution in [3.63, 3.8) is 0 Å². The number of amides is 1. The highest BCUT2D eigenvalue weighted by Gasteiger charge is 2.41. The molecule has 3 aromatic carbocycles. The van der Waals surface area contributed by atoms with Gasteiger partial charge in [0.05, 0.1) is 47.4 Å². The molecule has 10 heteroatoms. The van der Waals surface area contributed by atoms with Gasteiger partial charge in [-0.25, -0.2) is 12.8 Å². The number of fused-ring (bicyclic) bond motifs is 3. The highest BCUT2D eigenvalue weighted by molar-refractivity contribution is 7.92. The summed E-state index contributed by atoms with van der Waals surface area (Å²) >= 11 is 6.28. The van der Waals surface area contributed by atoms with E-state index in [1.807, 2.05) is 17.9 Å². The Balaban J connectivity index is 1.31. The molecule has 3 atom stereocenters. The van der Waals surface area contributed by atoms with E-state index in [4.69, 9.17) is 21.1 Å². The van der Waals surface area contributed by atoms with E-state index in [1.54, 1.807) is 61.5 Å². The van der Waals surface area contributed by atoms with Gasteiger partial charge in [0.2, 0.25) is 5.91 Å². The highest BCUT2D eigenvalue weighted by Crippen LogP contribution is 2.40. The molecular weight excluding hydrogens is 591 g/mol. The lowest BCUT2D eigenvalue weighted by Crippen LogP contribution is -2.49. The molecule has 0 aromatic heterocycles. The molecular formula is C33H34ClFN2O5S. The standard InChI is InChI=1S/C33H34ClFN2O5S/c1-21-5-3-6-27(15-21)43(39,40)36-18-26(12-14-32(38)37-24-10-11-25(37)20-41-19-24)42-31-13-9-23(17-30(31)36)16-22(2)33-28(34)7-4-8-29(33)35/h3-9,13,15-17,24-26H,10-12,14,18-20H2,1-2H3/b22-16+/t24?,25?,26-/m0/s1. The molecule has 2 saturated heterocycles. The number of hydrogen-bond acceptors (Lipinski definition) is 5. The molecule has 43 heavy (non-hydrogen) atoms. The summed E-state index contributed by atoms with van der Waals surface area (Å²) in [5.41, 5.74) is 2.77. The molecule has 0 saturated carbocycles. The number of carbonyl (C=O) groups excluding carboxylic acids is 1. The Labute approximate surface area is 256 Å². The number of sulfonamides is 1. The van der Waals surface area contributed by atoms with Crippen molar-refractivity contribution in [1.29, 1.82) is 0 Å². The van der Waals surface area contributed by atoms with Gasteiger partial charge < -0.3 is 14.4 Å². The van der Waals surface area contributed by atoms with Gasteiger partial charge >= 0.3 is 0 Å². The number of benzene rings is 3. The van der Waals surface area contributed by atoms with Gasteiger partial charge in [-0.2, -0.15) is 0 Å². The van der Waals surface area contributed by atoms with E-state index in [0.29, 0.717) is 52.8 Å². The molecule has 2 bridgehead atoms. The van der Waals surface area contributed by atoms with Crippen LogP contribution in [0.4, 0.5) is 10.1 Å². The summed E-state index contributed by atoms with van der Waals surface area (Å²) < 4.78 is 56.0. The Morgan fingerprint density at radius 2 is 1.81 bits per heavy atom. The van der Waals surface area contributed by atoms with E-state index >= 15 is 0 Å². The van der Waals surface area contributed by atoms with E-state index in [1.165, 1.54) is 10.4 Å². The van der Waals surface area contributed by atoms with Crippen molar-refractivity contribution in [2.45, 2.75) is 62.6 Å². The lowest BCUT2D eigenvalue weighted by atomic mass is 10.0. The zero-order valence-electron chi connectivity index (χ0n) is 24.1. The van der Waals surface area contributed by atoms with Crippen LogP contribution in [0.3, 0.4) is 0 Å². The maximum absolute atomic E-state index is 14.6. The van der Waals surface area contributed by atoms with Gasteiger partial charge in [-0.15, -0.1) is 0 Å². The molecule has 3 aromatic rings. The highest BCUT2D eigenvalue weighted by atomic mass is 35.5. The van der Waals surface area contributed by atoms with Gasteiger partial charge in [-0.1, -0.05) is 41.9 Å². The lowest BCUT2D eigenvalue weighted by Gasteiger charge is -2.37. The average molecular weight is 625 g/mol. The van der Waals surface area contributed by atoms with Crippen LogP contribution in [0.15, 0.2) is 65.6 Å². The smallest absolute Gasteiger partial charge is 0.264 e. The summed E-state index contributed by atoms with van der Waals surface area (Å²) in [6.45, 7) is 4.79. The van der Waals surface area contributed by atoms with Crippen molar-refractivity contribution in [2.24, 2.45) is 0 Å². The minimum atomic E-state index is -3.97. The first-order chi connectivity index (χ1) is 20.6. The van der Waals surface area contributed by atoms with Gasteiger partial charge in [0.1, 0.15) is 17.7 Å². The number of rotatable bonds is 7. The maximum Gasteiger partial charge on any atom is 0.264 e. The molecule has 2 fully saturated rings. The van der Waals surface area contributed by atoms with Crippen LogP contribution < -0.4 is 9.04 Å². The van der Waals surface area contributed by atoms with Crippen LogP contribution >= 0.6 is 11.6 Å². The maximum atomic E-state index is 14.6. The summed E-state index contributed by atoms with van der Waals surface area (Å²) in [6.07, 6.45) is 3.78. The Morgan fingerprint density at radius 1 is 1.07 bits per heavy atom. The summed E-state index contributed by atoms with van der Waals surface area (Å²) in [7, 11) is -3.97. The Hall–Kier alpha value is -3.40. The van der Waals surface area contributed by atoms with Gasteiger partial charge in [0, 0.05) is 12.0 Å². The van der Waals surface area contributed by atoms with Crippen LogP contribution in [0.2, 0.25) is 5.02 Å². The Kier molecular flexibility index (Phi) is 8.24. The van der Waals surface area contributed by atoms with E-state index in [-0.39, 0.29) is 35.9 Å². The number of allylic oxidation sites excluding steroid dienone is 1. The van der Waals surface area contributed by atoms with E-state index < -0.39 is 21.9 Å². The minimum Gasteiger partial charge on any atom is -0.486 e. The van der Waals surface area contributed by atoms with Gasteiger partial charge in [-0.3, -0.25) is 9.10 Å². The third-order valence-corrected chi connectivity index (χ3v) is 10.5. The fourth-order valence-electron chi connectivity index (χ4n) is 6.35. The normalized spacial score (nSPS) is 21.9. The summed E-state index contributed by atoms with van der Waals surface area (Å²) in [5, 5.41) is 0.293. The topological polar surface area (TPSA) is 76.2 Å². The summed E-state index contributed by atoms with van der Waals surface area (Å²) in [6, 6.07) is 16.8. The zero-order valence-corrected chi connectivity index (χ0v) is 25.7. The third-order valence-electron chi connectivity index (χ3n) is 8.44. The molecule has 226 valence electrons. The minimum absolute atomic E-state index is 0.0534. The van der Waals surface area contributed by atoms with Crippen LogP contribution in [0.25, 0.3) is 11.6 Å². The van der Waals surface area contributed by atoms with E-state index in [9.17, 15) is 17.6 Å². The molecule has 3 heterocycles. The van der Waals surface area contributed by atoms with E-state index in [2.05, 4.69) is 0 Å². The van der Waals surface area contributed by atoms with E-state index in [0.717, 1.165) is 18.4 Å². The van der Waals surface area contributed by atoms with Crippen LogP contribution in [-0.4, -0.2) is 57.2 Å². The second kappa shape index (κ2) is 11.9. The number of aryl methyl sites for hydroxylation is 1. The molecule has 0 aliphatic carbocycles. The number of halogens is 2. The Bertz CT molecular complexity index is 1660. The molecule has 3 aliphatic heterocycles. The second-order valence-electron chi connectivity index (χ2n) is 11.5. The fraction of sp³-hybridized carbons (Fsp3) is 0.364.